The predicted octanol–water partition coefficient (Wildman–Crippen LogP) is 3.59. The standard InChI is InChI=1S/C15H18ClNO2S/c1-10-4-6-17(15(18)11-5-7-19-9-11)13-8-12(16)2-3-14(13)20-10/h2-3,8,10-11H,4-7,9H2,1H3/t10-,11-/m0/s1. The lowest BCUT2D eigenvalue weighted by atomic mass is 10.1. The highest BCUT2D eigenvalue weighted by Gasteiger charge is 2.31. The number of anilines is 1. The number of carbonyl (C=O) groups excluding carboxylic acids is 1. The fourth-order valence-corrected chi connectivity index (χ4v) is 3.95. The van der Waals surface area contributed by atoms with Gasteiger partial charge in [-0.1, -0.05) is 18.5 Å². The molecule has 0 aromatic heterocycles. The third-order valence-corrected chi connectivity index (χ3v) is 5.32. The lowest BCUT2D eigenvalue weighted by Gasteiger charge is -2.25. The number of rotatable bonds is 1. The first-order valence-corrected chi connectivity index (χ1v) is 8.26. The van der Waals surface area contributed by atoms with Crippen molar-refractivity contribution >= 4 is 35.0 Å². The zero-order valence-electron chi connectivity index (χ0n) is 11.5. The van der Waals surface area contributed by atoms with Gasteiger partial charge in [-0.15, -0.1) is 11.8 Å². The average Bonchev–Trinajstić information content (AvgIpc) is 2.90. The molecule has 108 valence electrons. The van der Waals surface area contributed by atoms with Crippen molar-refractivity contribution in [3.63, 3.8) is 0 Å². The highest BCUT2D eigenvalue weighted by atomic mass is 35.5. The summed E-state index contributed by atoms with van der Waals surface area (Å²) in [6.07, 6.45) is 1.82. The van der Waals surface area contributed by atoms with E-state index in [1.54, 1.807) is 0 Å². The van der Waals surface area contributed by atoms with Crippen molar-refractivity contribution in [3.8, 4) is 0 Å². The Bertz CT molecular complexity index is 517. The molecule has 3 rings (SSSR count). The van der Waals surface area contributed by atoms with Crippen LogP contribution in [0.25, 0.3) is 0 Å². The van der Waals surface area contributed by atoms with Crippen LogP contribution in [0.3, 0.4) is 0 Å². The van der Waals surface area contributed by atoms with E-state index >= 15 is 0 Å². The van der Waals surface area contributed by atoms with E-state index in [4.69, 9.17) is 16.3 Å². The van der Waals surface area contributed by atoms with E-state index in [1.165, 1.54) is 0 Å². The zero-order valence-corrected chi connectivity index (χ0v) is 13.0. The number of amides is 1. The lowest BCUT2D eigenvalue weighted by molar-refractivity contribution is -0.122. The topological polar surface area (TPSA) is 29.5 Å². The van der Waals surface area contributed by atoms with Gasteiger partial charge < -0.3 is 9.64 Å². The largest absolute Gasteiger partial charge is 0.381 e. The Balaban J connectivity index is 1.94. The van der Waals surface area contributed by atoms with E-state index in [0.717, 1.165) is 30.0 Å². The third kappa shape index (κ3) is 2.83. The molecule has 0 saturated carbocycles. The maximum Gasteiger partial charge on any atom is 0.232 e. The molecule has 1 fully saturated rings. The Hall–Kier alpha value is -0.710. The lowest BCUT2D eigenvalue weighted by Crippen LogP contribution is -2.37. The second kappa shape index (κ2) is 5.96. The second-order valence-electron chi connectivity index (χ2n) is 5.38. The van der Waals surface area contributed by atoms with Crippen LogP contribution in [0.4, 0.5) is 5.69 Å². The normalized spacial score (nSPS) is 26.2. The number of hydrogen-bond donors (Lipinski definition) is 0. The van der Waals surface area contributed by atoms with Crippen molar-refractivity contribution in [3.05, 3.63) is 23.2 Å². The number of thioether (sulfide) groups is 1. The summed E-state index contributed by atoms with van der Waals surface area (Å²) in [4.78, 5) is 15.8. The Kier molecular flexibility index (Phi) is 4.24. The Morgan fingerprint density at radius 3 is 3.05 bits per heavy atom. The van der Waals surface area contributed by atoms with Gasteiger partial charge in [-0.25, -0.2) is 0 Å². The molecule has 2 atom stereocenters. The van der Waals surface area contributed by atoms with Gasteiger partial charge in [0.15, 0.2) is 0 Å². The van der Waals surface area contributed by atoms with Gasteiger partial charge in [-0.05, 0) is 31.0 Å². The summed E-state index contributed by atoms with van der Waals surface area (Å²) >= 11 is 7.95. The van der Waals surface area contributed by atoms with Crippen LogP contribution in [0.2, 0.25) is 5.02 Å². The minimum absolute atomic E-state index is 0.000220. The monoisotopic (exact) mass is 311 g/mol. The molecule has 1 amide bonds. The first-order chi connectivity index (χ1) is 9.65. The van der Waals surface area contributed by atoms with Crippen LogP contribution in [-0.4, -0.2) is 30.9 Å². The van der Waals surface area contributed by atoms with Gasteiger partial charge in [0.2, 0.25) is 5.91 Å². The highest BCUT2D eigenvalue weighted by Crippen LogP contribution is 2.39. The van der Waals surface area contributed by atoms with E-state index in [-0.39, 0.29) is 11.8 Å². The van der Waals surface area contributed by atoms with Crippen molar-refractivity contribution in [1.29, 1.82) is 0 Å². The van der Waals surface area contributed by atoms with E-state index in [0.29, 0.717) is 23.5 Å². The molecule has 1 aromatic carbocycles. The number of hydrogen-bond acceptors (Lipinski definition) is 3. The summed E-state index contributed by atoms with van der Waals surface area (Å²) in [5, 5.41) is 1.19. The minimum Gasteiger partial charge on any atom is -0.381 e. The summed E-state index contributed by atoms with van der Waals surface area (Å²) in [5.74, 6) is 0.181. The van der Waals surface area contributed by atoms with Gasteiger partial charge in [0.25, 0.3) is 0 Å². The highest BCUT2D eigenvalue weighted by molar-refractivity contribution is 8.00. The van der Waals surface area contributed by atoms with E-state index in [2.05, 4.69) is 6.92 Å². The number of benzene rings is 1. The molecule has 2 aliphatic rings. The summed E-state index contributed by atoms with van der Waals surface area (Å²) < 4.78 is 5.35. The van der Waals surface area contributed by atoms with Gasteiger partial charge in [0.1, 0.15) is 0 Å². The molecule has 20 heavy (non-hydrogen) atoms. The SMILES string of the molecule is C[C@H]1CCN(C(=O)[C@H]2CCOC2)c2cc(Cl)ccc2S1. The molecule has 2 heterocycles. The first-order valence-electron chi connectivity index (χ1n) is 7.00. The average molecular weight is 312 g/mol. The van der Waals surface area contributed by atoms with Crippen LogP contribution in [-0.2, 0) is 9.53 Å². The van der Waals surface area contributed by atoms with Crippen LogP contribution < -0.4 is 4.90 Å². The summed E-state index contributed by atoms with van der Waals surface area (Å²) in [6.45, 7) is 4.21. The van der Waals surface area contributed by atoms with E-state index in [9.17, 15) is 4.79 Å². The molecular formula is C15H18ClNO2S. The molecular weight excluding hydrogens is 294 g/mol. The van der Waals surface area contributed by atoms with Crippen LogP contribution in [0.15, 0.2) is 23.1 Å². The number of fused-ring (bicyclic) bond motifs is 1. The summed E-state index contributed by atoms with van der Waals surface area (Å²) in [6, 6.07) is 5.83. The van der Waals surface area contributed by atoms with E-state index in [1.807, 2.05) is 34.9 Å². The molecule has 0 radical (unpaired) electrons. The van der Waals surface area contributed by atoms with Crippen molar-refractivity contribution in [2.75, 3.05) is 24.7 Å². The molecule has 1 saturated heterocycles. The van der Waals surface area contributed by atoms with Gasteiger partial charge >= 0.3 is 0 Å². The molecule has 0 spiro atoms. The fraction of sp³-hybridized carbons (Fsp3) is 0.533. The van der Waals surface area contributed by atoms with Gasteiger partial charge in [-0.3, -0.25) is 4.79 Å². The predicted molar refractivity (Wildman–Crippen MR) is 82.7 cm³/mol. The van der Waals surface area contributed by atoms with Crippen molar-refractivity contribution in [2.45, 2.75) is 29.9 Å². The number of carbonyl (C=O) groups is 1. The Morgan fingerprint density at radius 2 is 2.30 bits per heavy atom. The second-order valence-corrected chi connectivity index (χ2v) is 7.30. The van der Waals surface area contributed by atoms with Crippen molar-refractivity contribution < 1.29 is 9.53 Å². The molecule has 0 bridgehead atoms. The molecule has 3 nitrogen and oxygen atoms in total. The minimum atomic E-state index is 0.000220. The van der Waals surface area contributed by atoms with E-state index < -0.39 is 0 Å². The number of ether oxygens (including phenoxy) is 1. The van der Waals surface area contributed by atoms with Crippen LogP contribution in [0.1, 0.15) is 19.8 Å². The zero-order chi connectivity index (χ0) is 14.1. The maximum absolute atomic E-state index is 12.7. The quantitative estimate of drug-likeness (QED) is 0.793. The smallest absolute Gasteiger partial charge is 0.232 e. The number of nitrogens with zero attached hydrogens (tertiary/aromatic N) is 1. The number of halogens is 1. The van der Waals surface area contributed by atoms with Crippen LogP contribution >= 0.6 is 23.4 Å². The molecule has 0 N–H and O–H groups in total. The van der Waals surface area contributed by atoms with Crippen LogP contribution in [0.5, 0.6) is 0 Å². The first kappa shape index (κ1) is 14.2. The third-order valence-electron chi connectivity index (χ3n) is 3.84. The summed E-state index contributed by atoms with van der Waals surface area (Å²) in [5.41, 5.74) is 0.962. The molecule has 0 unspecified atom stereocenters. The Labute approximate surface area is 128 Å². The van der Waals surface area contributed by atoms with Gasteiger partial charge in [0, 0.05) is 28.3 Å². The summed E-state index contributed by atoms with van der Waals surface area (Å²) in [7, 11) is 0. The Morgan fingerprint density at radius 1 is 1.45 bits per heavy atom. The molecule has 5 heteroatoms. The fourth-order valence-electron chi connectivity index (χ4n) is 2.69. The van der Waals surface area contributed by atoms with Gasteiger partial charge in [-0.2, -0.15) is 0 Å². The maximum atomic E-state index is 12.7. The van der Waals surface area contributed by atoms with Crippen LogP contribution in [0, 0.1) is 5.92 Å². The molecule has 0 aliphatic carbocycles. The van der Waals surface area contributed by atoms with Crippen molar-refractivity contribution in [2.24, 2.45) is 5.92 Å². The van der Waals surface area contributed by atoms with Gasteiger partial charge in [0.05, 0.1) is 18.2 Å². The molecule has 1 aromatic rings. The van der Waals surface area contributed by atoms with Crippen molar-refractivity contribution in [1.82, 2.24) is 0 Å². The molecule has 2 aliphatic heterocycles.